The van der Waals surface area contributed by atoms with Crippen LogP contribution in [0.5, 0.6) is 5.75 Å². The maximum absolute atomic E-state index is 12.4. The van der Waals surface area contributed by atoms with Crippen molar-refractivity contribution in [1.29, 1.82) is 0 Å². The van der Waals surface area contributed by atoms with E-state index in [1.165, 1.54) is 22.6 Å². The monoisotopic (exact) mass is 490 g/mol. The van der Waals surface area contributed by atoms with Gasteiger partial charge in [0.05, 0.1) is 37.7 Å². The molecule has 5 rings (SSSR count). The van der Waals surface area contributed by atoms with Gasteiger partial charge in [-0.3, -0.25) is 4.99 Å². The van der Waals surface area contributed by atoms with E-state index in [1.807, 2.05) is 18.3 Å². The number of thiophene rings is 1. The Balaban J connectivity index is 1.39. The average molecular weight is 491 g/mol. The van der Waals surface area contributed by atoms with Crippen LogP contribution in [0.15, 0.2) is 23.5 Å². The molecule has 178 valence electrons. The first-order valence-corrected chi connectivity index (χ1v) is 11.5. The normalized spacial score (nSPS) is 14.8. The van der Waals surface area contributed by atoms with E-state index < -0.39 is 25.2 Å². The van der Waals surface area contributed by atoms with Gasteiger partial charge in [0.2, 0.25) is 0 Å². The minimum Gasteiger partial charge on any atom is -0.495 e. The molecule has 2 aromatic heterocycles. The number of carbonyl (C=O) groups is 1. The lowest BCUT2D eigenvalue weighted by Gasteiger charge is -2.27. The highest BCUT2D eigenvalue weighted by Crippen LogP contribution is 2.40. The zero-order valence-electron chi connectivity index (χ0n) is 18.2. The Hall–Kier alpha value is -3.41. The van der Waals surface area contributed by atoms with Crippen molar-refractivity contribution in [3.8, 4) is 5.75 Å². The Morgan fingerprint density at radius 1 is 1.29 bits per heavy atom. The van der Waals surface area contributed by atoms with Crippen molar-refractivity contribution >= 4 is 45.3 Å². The third-order valence-corrected chi connectivity index (χ3v) is 6.94. The highest BCUT2D eigenvalue weighted by Gasteiger charge is 2.29. The lowest BCUT2D eigenvalue weighted by atomic mass is 10.0. The summed E-state index contributed by atoms with van der Waals surface area (Å²) in [6.45, 7) is 0.892. The molecule has 2 aliphatic heterocycles. The lowest BCUT2D eigenvalue weighted by molar-refractivity contribution is -0.133. The van der Waals surface area contributed by atoms with Gasteiger partial charge >= 0.3 is 12.2 Å². The number of aromatic nitrogens is 2. The largest absolute Gasteiger partial charge is 0.495 e. The number of alkyl halides is 3. The van der Waals surface area contributed by atoms with Gasteiger partial charge in [-0.25, -0.2) is 14.8 Å². The number of hydrogen-bond donors (Lipinski definition) is 2. The maximum Gasteiger partial charge on any atom is 0.390 e. The molecule has 0 aliphatic carbocycles. The number of nitrogens with one attached hydrogen (secondary N) is 2. The molecule has 0 atom stereocenters. The van der Waals surface area contributed by atoms with Crippen LogP contribution in [0.25, 0.3) is 10.2 Å². The fourth-order valence-corrected chi connectivity index (χ4v) is 5.35. The van der Waals surface area contributed by atoms with Gasteiger partial charge in [-0.05, 0) is 35.2 Å². The second-order valence-electron chi connectivity index (χ2n) is 8.02. The summed E-state index contributed by atoms with van der Waals surface area (Å²) in [5.41, 5.74) is 3.92. The minimum atomic E-state index is -4.30. The van der Waals surface area contributed by atoms with Crippen LogP contribution < -0.4 is 15.4 Å². The maximum atomic E-state index is 12.4. The zero-order valence-corrected chi connectivity index (χ0v) is 19.0. The van der Waals surface area contributed by atoms with Crippen LogP contribution in [0.2, 0.25) is 0 Å². The van der Waals surface area contributed by atoms with Gasteiger partial charge in [-0.15, -0.1) is 11.3 Å². The topological polar surface area (TPSA) is 91.7 Å². The average Bonchev–Trinajstić information content (AvgIpc) is 3.41. The Labute approximate surface area is 196 Å². The minimum absolute atomic E-state index is 0.312. The van der Waals surface area contributed by atoms with Gasteiger partial charge in [0.1, 0.15) is 22.7 Å². The molecular weight excluding hydrogens is 469 g/mol. The van der Waals surface area contributed by atoms with Crippen molar-refractivity contribution in [3.05, 3.63) is 40.0 Å². The van der Waals surface area contributed by atoms with Crippen molar-refractivity contribution < 1.29 is 22.7 Å². The van der Waals surface area contributed by atoms with Crippen LogP contribution >= 0.6 is 11.3 Å². The molecule has 8 nitrogen and oxygen atoms in total. The molecule has 2 N–H and O–H groups in total. The fourth-order valence-electron chi connectivity index (χ4n) is 4.15. The molecule has 3 aromatic rings. The van der Waals surface area contributed by atoms with E-state index in [4.69, 9.17) is 4.74 Å². The molecule has 0 saturated heterocycles. The molecule has 0 fully saturated rings. The highest BCUT2D eigenvalue weighted by molar-refractivity contribution is 7.19. The second-order valence-corrected chi connectivity index (χ2v) is 9.10. The van der Waals surface area contributed by atoms with E-state index in [-0.39, 0.29) is 0 Å². The molecule has 2 aliphatic rings. The number of nitrogens with zero attached hydrogens (tertiary/aromatic N) is 4. The second kappa shape index (κ2) is 8.75. The zero-order chi connectivity index (χ0) is 23.9. The summed E-state index contributed by atoms with van der Waals surface area (Å²) in [6, 6.07) is 3.44. The third kappa shape index (κ3) is 4.37. The molecule has 0 unspecified atom stereocenters. The van der Waals surface area contributed by atoms with Gasteiger partial charge < -0.3 is 20.3 Å². The van der Waals surface area contributed by atoms with Crippen molar-refractivity contribution in [2.75, 3.05) is 25.5 Å². The van der Waals surface area contributed by atoms with Crippen LogP contribution in [0.3, 0.4) is 0 Å². The van der Waals surface area contributed by atoms with Crippen molar-refractivity contribution in [2.45, 2.75) is 32.1 Å². The molecule has 1 aromatic carbocycles. The standard InChI is InChI=1S/C22H21F3N6O2S/c1-33-16-7-13-9-26-8-12(13)6-15(16)30-19-18-14-2-5-31(21(32)27-4-3-22(23,24)25)10-17(14)34-20(18)29-11-28-19/h6-8,11H,2-5,9-10H2,1H3,(H,27,32)(H,28,29,30). The van der Waals surface area contributed by atoms with E-state index in [0.29, 0.717) is 37.6 Å². The van der Waals surface area contributed by atoms with Crippen LogP contribution in [-0.4, -0.2) is 53.5 Å². The molecule has 2 amide bonds. The van der Waals surface area contributed by atoms with Crippen molar-refractivity contribution in [3.63, 3.8) is 0 Å². The number of benzene rings is 1. The quantitative estimate of drug-likeness (QED) is 0.553. The van der Waals surface area contributed by atoms with Crippen LogP contribution in [0.1, 0.15) is 28.0 Å². The third-order valence-electron chi connectivity index (χ3n) is 5.82. The van der Waals surface area contributed by atoms with Gasteiger partial charge in [-0.1, -0.05) is 0 Å². The van der Waals surface area contributed by atoms with Gasteiger partial charge in [0.25, 0.3) is 0 Å². The summed E-state index contributed by atoms with van der Waals surface area (Å²) in [6.07, 6.45) is -1.49. The predicted molar refractivity (Wildman–Crippen MR) is 123 cm³/mol. The summed E-state index contributed by atoms with van der Waals surface area (Å²) in [5.74, 6) is 1.32. The van der Waals surface area contributed by atoms with Crippen LogP contribution in [0.4, 0.5) is 29.5 Å². The number of fused-ring (bicyclic) bond motifs is 4. The number of aliphatic imine (C=N–C) groups is 1. The molecule has 4 heterocycles. The number of methoxy groups -OCH3 is 1. The van der Waals surface area contributed by atoms with E-state index in [0.717, 1.165) is 37.5 Å². The molecule has 0 spiro atoms. The van der Waals surface area contributed by atoms with E-state index in [2.05, 4.69) is 25.6 Å². The molecule has 12 heteroatoms. The summed E-state index contributed by atoms with van der Waals surface area (Å²) in [4.78, 5) is 28.8. The van der Waals surface area contributed by atoms with Gasteiger partial charge in [0.15, 0.2) is 0 Å². The number of anilines is 2. The molecule has 0 bridgehead atoms. The molecular formula is C22H21F3N6O2S. The Bertz CT molecular complexity index is 1290. The number of hydrogen-bond acceptors (Lipinski definition) is 7. The Morgan fingerprint density at radius 3 is 2.94 bits per heavy atom. The Morgan fingerprint density at radius 2 is 2.15 bits per heavy atom. The Kier molecular flexibility index (Phi) is 5.76. The lowest BCUT2D eigenvalue weighted by Crippen LogP contribution is -2.43. The fraction of sp³-hybridized carbons (Fsp3) is 0.364. The number of ether oxygens (including phenoxy) is 1. The van der Waals surface area contributed by atoms with Crippen LogP contribution in [0, 0.1) is 0 Å². The summed E-state index contributed by atoms with van der Waals surface area (Å²) in [7, 11) is 1.61. The molecule has 34 heavy (non-hydrogen) atoms. The highest BCUT2D eigenvalue weighted by atomic mass is 32.1. The first-order valence-electron chi connectivity index (χ1n) is 10.6. The van der Waals surface area contributed by atoms with Crippen molar-refractivity contribution in [1.82, 2.24) is 20.2 Å². The summed E-state index contributed by atoms with van der Waals surface area (Å²) < 4.78 is 42.7. The van der Waals surface area contributed by atoms with Crippen LogP contribution in [-0.2, 0) is 19.5 Å². The summed E-state index contributed by atoms with van der Waals surface area (Å²) in [5, 5.41) is 6.62. The molecule has 0 saturated carbocycles. The van der Waals surface area contributed by atoms with E-state index >= 15 is 0 Å². The van der Waals surface area contributed by atoms with Gasteiger partial charge in [-0.2, -0.15) is 13.2 Å². The molecule has 0 radical (unpaired) electrons. The van der Waals surface area contributed by atoms with E-state index in [1.54, 1.807) is 7.11 Å². The summed E-state index contributed by atoms with van der Waals surface area (Å²) >= 11 is 1.46. The number of rotatable bonds is 5. The van der Waals surface area contributed by atoms with E-state index in [9.17, 15) is 18.0 Å². The predicted octanol–water partition coefficient (Wildman–Crippen LogP) is 4.40. The first-order chi connectivity index (χ1) is 16.3. The number of halogens is 3. The first kappa shape index (κ1) is 22.4. The number of amides is 2. The smallest absolute Gasteiger partial charge is 0.390 e. The SMILES string of the molecule is COc1cc2c(cc1Nc1ncnc3sc4c(c13)CCN(C(=O)NCCC(F)(F)F)C4)C=NC2. The van der Waals surface area contributed by atoms with Gasteiger partial charge in [0, 0.05) is 24.2 Å². The number of urea groups is 1. The van der Waals surface area contributed by atoms with Crippen molar-refractivity contribution in [2.24, 2.45) is 4.99 Å². The number of carbonyl (C=O) groups excluding carboxylic acids is 1.